The maximum Gasteiger partial charge on any atom is 0.149 e. The van der Waals surface area contributed by atoms with Crippen LogP contribution >= 0.6 is 0 Å². The monoisotopic (exact) mass is 229 g/mol. The Morgan fingerprint density at radius 1 is 1.40 bits per heavy atom. The molecular formula is C10H15NO3S. The van der Waals surface area contributed by atoms with Crippen LogP contribution in [0.3, 0.4) is 0 Å². The summed E-state index contributed by atoms with van der Waals surface area (Å²) in [5.41, 5.74) is 0.859. The number of hydrogen-bond acceptors (Lipinski definition) is 4. The Kier molecular flexibility index (Phi) is 3.96. The molecule has 0 saturated heterocycles. The van der Waals surface area contributed by atoms with Crippen molar-refractivity contribution in [3.05, 3.63) is 24.3 Å². The molecule has 15 heavy (non-hydrogen) atoms. The fourth-order valence-corrected chi connectivity index (χ4v) is 1.59. The van der Waals surface area contributed by atoms with Crippen molar-refractivity contribution in [3.8, 4) is 5.75 Å². The molecule has 0 saturated carbocycles. The predicted molar refractivity (Wildman–Crippen MR) is 61.2 cm³/mol. The van der Waals surface area contributed by atoms with Crippen LogP contribution in [0.25, 0.3) is 0 Å². The van der Waals surface area contributed by atoms with Crippen molar-refractivity contribution in [3.63, 3.8) is 0 Å². The molecule has 0 aromatic heterocycles. The molecule has 1 N–H and O–H groups in total. The van der Waals surface area contributed by atoms with Crippen LogP contribution in [0, 0.1) is 0 Å². The van der Waals surface area contributed by atoms with Gasteiger partial charge in [-0.1, -0.05) is 6.07 Å². The minimum absolute atomic E-state index is 0.129. The number of sulfone groups is 1. The number of nitrogens with one attached hydrogen (secondary N) is 1. The maximum atomic E-state index is 10.9. The summed E-state index contributed by atoms with van der Waals surface area (Å²) in [6, 6.07) is 7.37. The Balaban J connectivity index is 2.51. The average molecular weight is 229 g/mol. The summed E-state index contributed by atoms with van der Waals surface area (Å²) in [5, 5.41) is 3.02. The molecule has 1 aromatic carbocycles. The SMILES string of the molecule is COc1cccc(NCCS(C)(=O)=O)c1. The molecule has 0 bridgehead atoms. The molecule has 0 fully saturated rings. The third-order valence-corrected chi connectivity index (χ3v) is 2.82. The molecule has 5 heteroatoms. The van der Waals surface area contributed by atoms with Crippen LogP contribution in [0.4, 0.5) is 5.69 Å². The van der Waals surface area contributed by atoms with Gasteiger partial charge >= 0.3 is 0 Å². The molecule has 84 valence electrons. The summed E-state index contributed by atoms with van der Waals surface area (Å²) in [4.78, 5) is 0. The number of benzene rings is 1. The lowest BCUT2D eigenvalue weighted by atomic mass is 10.3. The Labute approximate surface area is 90.2 Å². The zero-order chi connectivity index (χ0) is 11.3. The lowest BCUT2D eigenvalue weighted by molar-refractivity contribution is 0.415. The Morgan fingerprint density at radius 3 is 2.73 bits per heavy atom. The average Bonchev–Trinajstić information content (AvgIpc) is 2.16. The Bertz CT molecular complexity index is 414. The van der Waals surface area contributed by atoms with E-state index >= 15 is 0 Å². The van der Waals surface area contributed by atoms with Crippen LogP contribution in [0.1, 0.15) is 0 Å². The summed E-state index contributed by atoms with van der Waals surface area (Å²) < 4.78 is 26.8. The molecule has 0 unspecified atom stereocenters. The topological polar surface area (TPSA) is 55.4 Å². The van der Waals surface area contributed by atoms with Gasteiger partial charge in [0.1, 0.15) is 15.6 Å². The van der Waals surface area contributed by atoms with Gasteiger partial charge in [-0.25, -0.2) is 8.42 Å². The van der Waals surface area contributed by atoms with Crippen molar-refractivity contribution < 1.29 is 13.2 Å². The van der Waals surface area contributed by atoms with Gasteiger partial charge in [-0.2, -0.15) is 0 Å². The maximum absolute atomic E-state index is 10.9. The first-order valence-electron chi connectivity index (χ1n) is 4.57. The molecule has 0 spiro atoms. The standard InChI is InChI=1S/C10H15NO3S/c1-14-10-5-3-4-9(8-10)11-6-7-15(2,12)13/h3-5,8,11H,6-7H2,1-2H3. The van der Waals surface area contributed by atoms with Gasteiger partial charge in [-0.05, 0) is 12.1 Å². The van der Waals surface area contributed by atoms with Crippen LogP contribution in [0.15, 0.2) is 24.3 Å². The highest BCUT2D eigenvalue weighted by molar-refractivity contribution is 7.90. The van der Waals surface area contributed by atoms with Crippen LogP contribution in [-0.2, 0) is 9.84 Å². The highest BCUT2D eigenvalue weighted by Gasteiger charge is 2.01. The zero-order valence-corrected chi connectivity index (χ0v) is 9.67. The second kappa shape index (κ2) is 5.02. The summed E-state index contributed by atoms with van der Waals surface area (Å²) >= 11 is 0. The molecule has 1 rings (SSSR count). The quantitative estimate of drug-likeness (QED) is 0.823. The van der Waals surface area contributed by atoms with Gasteiger partial charge in [0.05, 0.1) is 12.9 Å². The molecule has 4 nitrogen and oxygen atoms in total. The first-order chi connectivity index (χ1) is 7.01. The van der Waals surface area contributed by atoms with Crippen molar-refractivity contribution >= 4 is 15.5 Å². The van der Waals surface area contributed by atoms with Crippen LogP contribution in [0.2, 0.25) is 0 Å². The third-order valence-electron chi connectivity index (χ3n) is 1.87. The lowest BCUT2D eigenvalue weighted by Gasteiger charge is -2.06. The van der Waals surface area contributed by atoms with E-state index in [1.165, 1.54) is 6.26 Å². The third kappa shape index (κ3) is 4.69. The van der Waals surface area contributed by atoms with E-state index in [0.29, 0.717) is 6.54 Å². The van der Waals surface area contributed by atoms with Crippen molar-refractivity contribution in [2.45, 2.75) is 0 Å². The van der Waals surface area contributed by atoms with Crippen molar-refractivity contribution in [2.75, 3.05) is 31.0 Å². The Morgan fingerprint density at radius 2 is 2.13 bits per heavy atom. The predicted octanol–water partition coefficient (Wildman–Crippen LogP) is 1.15. The molecular weight excluding hydrogens is 214 g/mol. The van der Waals surface area contributed by atoms with Gasteiger partial charge in [0, 0.05) is 24.6 Å². The minimum Gasteiger partial charge on any atom is -0.497 e. The van der Waals surface area contributed by atoms with E-state index in [4.69, 9.17) is 4.74 Å². The van der Waals surface area contributed by atoms with E-state index in [1.54, 1.807) is 7.11 Å². The minimum atomic E-state index is -2.90. The first-order valence-corrected chi connectivity index (χ1v) is 6.63. The van der Waals surface area contributed by atoms with Crippen molar-refractivity contribution in [1.29, 1.82) is 0 Å². The highest BCUT2D eigenvalue weighted by Crippen LogP contribution is 2.16. The number of rotatable bonds is 5. The van der Waals surface area contributed by atoms with Gasteiger partial charge < -0.3 is 10.1 Å². The molecule has 1 aromatic rings. The van der Waals surface area contributed by atoms with E-state index < -0.39 is 9.84 Å². The van der Waals surface area contributed by atoms with Crippen molar-refractivity contribution in [2.24, 2.45) is 0 Å². The van der Waals surface area contributed by atoms with E-state index in [2.05, 4.69) is 5.32 Å². The molecule has 0 heterocycles. The Hall–Kier alpha value is -1.23. The first kappa shape index (κ1) is 11.8. The van der Waals surface area contributed by atoms with Crippen LogP contribution < -0.4 is 10.1 Å². The fourth-order valence-electron chi connectivity index (χ4n) is 1.11. The number of anilines is 1. The smallest absolute Gasteiger partial charge is 0.149 e. The zero-order valence-electron chi connectivity index (χ0n) is 8.86. The lowest BCUT2D eigenvalue weighted by Crippen LogP contribution is -2.13. The molecule has 0 aliphatic carbocycles. The molecule has 0 amide bonds. The van der Waals surface area contributed by atoms with E-state index in [1.807, 2.05) is 24.3 Å². The van der Waals surface area contributed by atoms with Crippen LogP contribution in [-0.4, -0.2) is 34.1 Å². The number of methoxy groups -OCH3 is 1. The number of hydrogen-bond donors (Lipinski definition) is 1. The highest BCUT2D eigenvalue weighted by atomic mass is 32.2. The fraction of sp³-hybridized carbons (Fsp3) is 0.400. The van der Waals surface area contributed by atoms with Gasteiger partial charge in [-0.15, -0.1) is 0 Å². The van der Waals surface area contributed by atoms with Crippen LogP contribution in [0.5, 0.6) is 5.75 Å². The molecule has 0 atom stereocenters. The summed E-state index contributed by atoms with van der Waals surface area (Å²) in [5.74, 6) is 0.879. The second-order valence-corrected chi connectivity index (χ2v) is 5.55. The van der Waals surface area contributed by atoms with E-state index in [9.17, 15) is 8.42 Å². The molecule has 0 radical (unpaired) electrons. The van der Waals surface area contributed by atoms with E-state index in [-0.39, 0.29) is 5.75 Å². The molecule has 0 aliphatic rings. The van der Waals surface area contributed by atoms with E-state index in [0.717, 1.165) is 11.4 Å². The van der Waals surface area contributed by atoms with Gasteiger partial charge in [0.25, 0.3) is 0 Å². The summed E-state index contributed by atoms with van der Waals surface area (Å²) in [7, 11) is -1.31. The van der Waals surface area contributed by atoms with Gasteiger partial charge in [-0.3, -0.25) is 0 Å². The summed E-state index contributed by atoms with van der Waals surface area (Å²) in [6.45, 7) is 0.409. The largest absolute Gasteiger partial charge is 0.497 e. The molecule has 0 aliphatic heterocycles. The number of ether oxygens (including phenoxy) is 1. The van der Waals surface area contributed by atoms with Gasteiger partial charge in [0.2, 0.25) is 0 Å². The second-order valence-electron chi connectivity index (χ2n) is 3.29. The summed E-state index contributed by atoms with van der Waals surface area (Å²) in [6.07, 6.45) is 1.22. The van der Waals surface area contributed by atoms with Gasteiger partial charge in [0.15, 0.2) is 0 Å². The normalized spacial score (nSPS) is 11.1. The van der Waals surface area contributed by atoms with Crippen molar-refractivity contribution in [1.82, 2.24) is 0 Å².